The fourth-order valence-corrected chi connectivity index (χ4v) is 4.19. The minimum Gasteiger partial charge on any atom is -0.468 e. The minimum absolute atomic E-state index is 0.0915. The van der Waals surface area contributed by atoms with Gasteiger partial charge < -0.3 is 10.1 Å². The highest BCUT2D eigenvalue weighted by Gasteiger charge is 2.45. The molecule has 5 nitrogen and oxygen atoms in total. The van der Waals surface area contributed by atoms with Crippen LogP contribution in [-0.4, -0.2) is 24.8 Å². The number of rotatable bonds is 2. The summed E-state index contributed by atoms with van der Waals surface area (Å²) in [7, 11) is 1.27. The molecule has 1 aliphatic carbocycles. The molecule has 1 amide bonds. The van der Waals surface area contributed by atoms with E-state index in [4.69, 9.17) is 27.9 Å². The van der Waals surface area contributed by atoms with Gasteiger partial charge in [0.25, 0.3) is 0 Å². The van der Waals surface area contributed by atoms with E-state index in [1.54, 1.807) is 25.1 Å². The Balaban J connectivity index is 2.10. The van der Waals surface area contributed by atoms with Crippen molar-refractivity contribution in [3.63, 3.8) is 0 Å². The zero-order chi connectivity index (χ0) is 18.3. The number of methoxy groups -OCH3 is 1. The molecule has 7 heteroatoms. The molecule has 0 bridgehead atoms. The first-order valence-corrected chi connectivity index (χ1v) is 8.69. The van der Waals surface area contributed by atoms with Crippen LogP contribution in [0.25, 0.3) is 0 Å². The van der Waals surface area contributed by atoms with Crippen molar-refractivity contribution in [1.29, 1.82) is 0 Å². The van der Waals surface area contributed by atoms with Gasteiger partial charge in [-0.05, 0) is 30.0 Å². The first-order valence-electron chi connectivity index (χ1n) is 7.93. The van der Waals surface area contributed by atoms with Crippen molar-refractivity contribution in [2.24, 2.45) is 11.8 Å². The normalized spacial score (nSPS) is 26.2. The van der Waals surface area contributed by atoms with Gasteiger partial charge in [-0.2, -0.15) is 0 Å². The van der Waals surface area contributed by atoms with E-state index in [0.717, 1.165) is 0 Å². The van der Waals surface area contributed by atoms with Gasteiger partial charge in [-0.25, -0.2) is 0 Å². The number of nitrogens with one attached hydrogen (secondary N) is 1. The number of amides is 1. The second-order valence-electron chi connectivity index (χ2n) is 6.41. The third-order valence-electron chi connectivity index (χ3n) is 4.79. The van der Waals surface area contributed by atoms with Crippen molar-refractivity contribution in [1.82, 2.24) is 5.32 Å². The van der Waals surface area contributed by atoms with Gasteiger partial charge in [-0.15, -0.1) is 0 Å². The van der Waals surface area contributed by atoms with Crippen LogP contribution in [0, 0.1) is 11.8 Å². The van der Waals surface area contributed by atoms with Crippen LogP contribution >= 0.6 is 23.2 Å². The van der Waals surface area contributed by atoms with Crippen molar-refractivity contribution < 1.29 is 19.1 Å². The van der Waals surface area contributed by atoms with Crippen LogP contribution < -0.4 is 5.32 Å². The van der Waals surface area contributed by atoms with Crippen LogP contribution in [0.4, 0.5) is 0 Å². The number of hydrogen-bond donors (Lipinski definition) is 1. The smallest absolute Gasteiger partial charge is 0.316 e. The van der Waals surface area contributed by atoms with Crippen molar-refractivity contribution in [2.45, 2.75) is 25.7 Å². The van der Waals surface area contributed by atoms with E-state index in [1.807, 2.05) is 0 Å². The van der Waals surface area contributed by atoms with Crippen molar-refractivity contribution >= 4 is 40.9 Å². The Labute approximate surface area is 155 Å². The van der Waals surface area contributed by atoms with Crippen molar-refractivity contribution in [3.05, 3.63) is 45.1 Å². The van der Waals surface area contributed by atoms with Crippen LogP contribution in [0.15, 0.2) is 29.5 Å². The number of hydrogen-bond acceptors (Lipinski definition) is 4. The third-order valence-corrected chi connectivity index (χ3v) is 5.35. The number of carbonyl (C=O) groups excluding carboxylic acids is 3. The van der Waals surface area contributed by atoms with E-state index in [9.17, 15) is 14.4 Å². The number of ketones is 1. The second kappa shape index (κ2) is 6.81. The molecule has 1 aromatic rings. The summed E-state index contributed by atoms with van der Waals surface area (Å²) in [4.78, 5) is 37.3. The fraction of sp³-hybridized carbons (Fsp3) is 0.389. The molecule has 25 heavy (non-hydrogen) atoms. The van der Waals surface area contributed by atoms with Gasteiger partial charge in [0.05, 0.1) is 7.11 Å². The Hall–Kier alpha value is -1.85. The summed E-state index contributed by atoms with van der Waals surface area (Å²) < 4.78 is 4.80. The fourth-order valence-electron chi connectivity index (χ4n) is 3.65. The van der Waals surface area contributed by atoms with Gasteiger partial charge in [0.1, 0.15) is 5.92 Å². The molecule has 1 aromatic carbocycles. The van der Waals surface area contributed by atoms with E-state index in [1.165, 1.54) is 7.11 Å². The molecule has 1 heterocycles. The lowest BCUT2D eigenvalue weighted by Gasteiger charge is -2.36. The Morgan fingerprint density at radius 2 is 1.96 bits per heavy atom. The van der Waals surface area contributed by atoms with Crippen LogP contribution in [0.3, 0.4) is 0 Å². The van der Waals surface area contributed by atoms with Crippen molar-refractivity contribution in [3.8, 4) is 0 Å². The van der Waals surface area contributed by atoms with E-state index in [-0.39, 0.29) is 24.0 Å². The summed E-state index contributed by atoms with van der Waals surface area (Å²) in [5, 5.41) is 3.65. The molecule has 0 radical (unpaired) electrons. The van der Waals surface area contributed by atoms with E-state index >= 15 is 0 Å². The maximum Gasteiger partial charge on any atom is 0.316 e. The molecule has 0 saturated carbocycles. The Morgan fingerprint density at radius 1 is 1.24 bits per heavy atom. The number of halogens is 2. The molecule has 0 spiro atoms. The maximum atomic E-state index is 13.1. The van der Waals surface area contributed by atoms with Gasteiger partial charge in [-0.3, -0.25) is 14.4 Å². The molecule has 1 aliphatic heterocycles. The van der Waals surface area contributed by atoms with E-state index in [2.05, 4.69) is 5.32 Å². The van der Waals surface area contributed by atoms with Crippen LogP contribution in [0.2, 0.25) is 10.0 Å². The first kappa shape index (κ1) is 18.0. The summed E-state index contributed by atoms with van der Waals surface area (Å²) in [6.07, 6.45) is 0.516. The average molecular weight is 382 g/mol. The molecule has 0 saturated heterocycles. The van der Waals surface area contributed by atoms with Crippen molar-refractivity contribution in [2.75, 3.05) is 7.11 Å². The SMILES string of the molecule is COC(=O)[C@H]1C(=O)C2=C(C[C@H]1C)NC(=O)C[C@@H]2c1ccc(Cl)cc1Cl. The van der Waals surface area contributed by atoms with Gasteiger partial charge in [0, 0.05) is 33.7 Å². The number of Topliss-reactive ketones (excluding diaryl/α,β-unsaturated/α-hetero) is 1. The molecular formula is C18H17Cl2NO4. The van der Waals surface area contributed by atoms with E-state index < -0.39 is 17.8 Å². The number of esters is 1. The standard InChI is InChI=1S/C18H17Cl2NO4/c1-8-5-13-16(17(23)15(8)18(24)25-2)11(7-14(22)21-13)10-4-3-9(19)6-12(10)20/h3-4,6,8,11,15H,5,7H2,1-2H3,(H,21,22)/t8-,11-,15-/m1/s1. The Bertz CT molecular complexity index is 802. The maximum absolute atomic E-state index is 13.1. The lowest BCUT2D eigenvalue weighted by atomic mass is 9.70. The number of carbonyl (C=O) groups is 3. The summed E-state index contributed by atoms with van der Waals surface area (Å²) in [5.74, 6) is -2.66. The topological polar surface area (TPSA) is 72.5 Å². The zero-order valence-corrected chi connectivity index (χ0v) is 15.3. The van der Waals surface area contributed by atoms with Crippen LogP contribution in [-0.2, 0) is 19.1 Å². The second-order valence-corrected chi connectivity index (χ2v) is 7.25. The van der Waals surface area contributed by atoms with Crippen LogP contribution in [0.1, 0.15) is 31.2 Å². The van der Waals surface area contributed by atoms with Gasteiger partial charge >= 0.3 is 5.97 Å². The number of ether oxygens (including phenoxy) is 1. The lowest BCUT2D eigenvalue weighted by Crippen LogP contribution is -2.44. The monoisotopic (exact) mass is 381 g/mol. The number of benzene rings is 1. The molecule has 0 aromatic heterocycles. The van der Waals surface area contributed by atoms with E-state index in [0.29, 0.717) is 33.3 Å². The predicted molar refractivity (Wildman–Crippen MR) is 93.3 cm³/mol. The quantitative estimate of drug-likeness (QED) is 0.630. The molecule has 0 unspecified atom stereocenters. The summed E-state index contributed by atoms with van der Waals surface area (Å²) in [6.45, 7) is 1.80. The van der Waals surface area contributed by atoms with Crippen LogP contribution in [0.5, 0.6) is 0 Å². The molecule has 2 aliphatic rings. The zero-order valence-electron chi connectivity index (χ0n) is 13.8. The molecule has 0 fully saturated rings. The first-order chi connectivity index (χ1) is 11.8. The average Bonchev–Trinajstić information content (AvgIpc) is 2.53. The minimum atomic E-state index is -0.868. The predicted octanol–water partition coefficient (Wildman–Crippen LogP) is 3.25. The molecular weight excluding hydrogens is 365 g/mol. The molecule has 3 rings (SSSR count). The van der Waals surface area contributed by atoms with Gasteiger partial charge in [0.2, 0.25) is 5.91 Å². The highest BCUT2D eigenvalue weighted by atomic mass is 35.5. The highest BCUT2D eigenvalue weighted by Crippen LogP contribution is 2.44. The summed E-state index contributed by atoms with van der Waals surface area (Å²) >= 11 is 12.3. The highest BCUT2D eigenvalue weighted by molar-refractivity contribution is 6.35. The number of allylic oxidation sites excluding steroid dienone is 2. The largest absolute Gasteiger partial charge is 0.468 e. The molecule has 1 N–H and O–H groups in total. The van der Waals surface area contributed by atoms with Gasteiger partial charge in [-0.1, -0.05) is 36.2 Å². The summed E-state index contributed by atoms with van der Waals surface area (Å²) in [6, 6.07) is 4.97. The van der Waals surface area contributed by atoms with Gasteiger partial charge in [0.15, 0.2) is 5.78 Å². The Morgan fingerprint density at radius 3 is 2.60 bits per heavy atom. The Kier molecular flexibility index (Phi) is 4.89. The molecule has 132 valence electrons. The third kappa shape index (κ3) is 3.18. The lowest BCUT2D eigenvalue weighted by molar-refractivity contribution is -0.151. The molecule has 3 atom stereocenters. The summed E-state index contributed by atoms with van der Waals surface area (Å²) in [5.41, 5.74) is 1.67.